The third-order valence-electron chi connectivity index (χ3n) is 4.47. The normalized spacial score (nSPS) is 14.0. The number of carbonyl (C=O) groups is 1. The molecule has 0 spiro atoms. The minimum atomic E-state index is -2.84. The molecule has 1 aromatic heterocycles. The van der Waals surface area contributed by atoms with Crippen LogP contribution in [-0.2, 0) is 17.7 Å². The van der Waals surface area contributed by atoms with Gasteiger partial charge in [0.1, 0.15) is 11.6 Å². The molecule has 1 aromatic carbocycles. The van der Waals surface area contributed by atoms with Gasteiger partial charge in [-0.25, -0.2) is 9.78 Å². The Morgan fingerprint density at radius 3 is 2.66 bits per heavy atom. The van der Waals surface area contributed by atoms with Gasteiger partial charge in [0, 0.05) is 37.9 Å². The van der Waals surface area contributed by atoms with Crippen LogP contribution in [0.2, 0.25) is 0 Å². The summed E-state index contributed by atoms with van der Waals surface area (Å²) in [4.78, 5) is 18.7. The molecular formula is C20H24F2N4O3. The number of nitrogens with one attached hydrogen (secondary N) is 2. The summed E-state index contributed by atoms with van der Waals surface area (Å²) < 4.78 is 34.0. The Morgan fingerprint density at radius 1 is 1.17 bits per heavy atom. The molecular weight excluding hydrogens is 382 g/mol. The highest BCUT2D eigenvalue weighted by atomic mass is 19.3. The van der Waals surface area contributed by atoms with Gasteiger partial charge in [0.25, 0.3) is 0 Å². The van der Waals surface area contributed by atoms with Crippen LogP contribution in [0.5, 0.6) is 5.75 Å². The van der Waals surface area contributed by atoms with Gasteiger partial charge in [0.15, 0.2) is 0 Å². The topological polar surface area (TPSA) is 75.7 Å². The van der Waals surface area contributed by atoms with Gasteiger partial charge in [-0.15, -0.1) is 0 Å². The molecule has 0 unspecified atom stereocenters. The first-order valence-corrected chi connectivity index (χ1v) is 9.44. The first kappa shape index (κ1) is 20.8. The van der Waals surface area contributed by atoms with Crippen molar-refractivity contribution in [3.05, 3.63) is 53.7 Å². The minimum absolute atomic E-state index is 0.113. The number of ether oxygens (including phenoxy) is 2. The van der Waals surface area contributed by atoms with Crippen LogP contribution in [0, 0.1) is 0 Å². The Kier molecular flexibility index (Phi) is 7.57. The third-order valence-corrected chi connectivity index (χ3v) is 4.47. The monoisotopic (exact) mass is 406 g/mol. The summed E-state index contributed by atoms with van der Waals surface area (Å²) in [5.41, 5.74) is 1.85. The fraction of sp³-hybridized carbons (Fsp3) is 0.400. The fourth-order valence-corrected chi connectivity index (χ4v) is 3.02. The van der Waals surface area contributed by atoms with Gasteiger partial charge in [0.05, 0.1) is 13.2 Å². The lowest BCUT2D eigenvalue weighted by Gasteiger charge is -2.29. The number of rotatable bonds is 8. The van der Waals surface area contributed by atoms with Crippen molar-refractivity contribution >= 4 is 11.8 Å². The SMILES string of the molecule is O=C(NCCc1ccc(OC(F)F)cc1)NCc1cccnc1N1CCOCC1. The molecule has 2 amide bonds. The molecule has 156 valence electrons. The van der Waals surface area contributed by atoms with Crippen molar-refractivity contribution < 1.29 is 23.0 Å². The Morgan fingerprint density at radius 2 is 1.93 bits per heavy atom. The average Bonchev–Trinajstić information content (AvgIpc) is 2.74. The molecule has 3 rings (SSSR count). The molecule has 29 heavy (non-hydrogen) atoms. The molecule has 1 fully saturated rings. The van der Waals surface area contributed by atoms with Gasteiger partial charge in [-0.05, 0) is 30.2 Å². The van der Waals surface area contributed by atoms with Gasteiger partial charge in [-0.3, -0.25) is 0 Å². The molecule has 2 heterocycles. The highest BCUT2D eigenvalue weighted by molar-refractivity contribution is 5.74. The molecule has 1 aliphatic rings. The zero-order chi connectivity index (χ0) is 20.5. The molecule has 0 atom stereocenters. The molecule has 1 aliphatic heterocycles. The van der Waals surface area contributed by atoms with Gasteiger partial charge in [-0.2, -0.15) is 8.78 Å². The number of urea groups is 1. The summed E-state index contributed by atoms with van der Waals surface area (Å²) in [5.74, 6) is 0.976. The zero-order valence-electron chi connectivity index (χ0n) is 15.9. The van der Waals surface area contributed by atoms with E-state index >= 15 is 0 Å². The van der Waals surface area contributed by atoms with E-state index in [9.17, 15) is 13.6 Å². The van der Waals surface area contributed by atoms with Crippen molar-refractivity contribution in [1.29, 1.82) is 0 Å². The zero-order valence-corrected chi connectivity index (χ0v) is 15.9. The van der Waals surface area contributed by atoms with E-state index in [1.807, 2.05) is 12.1 Å². The number of carbonyl (C=O) groups excluding carboxylic acids is 1. The minimum Gasteiger partial charge on any atom is -0.435 e. The lowest BCUT2D eigenvalue weighted by Crippen LogP contribution is -2.39. The van der Waals surface area contributed by atoms with Crippen molar-refractivity contribution in [3.63, 3.8) is 0 Å². The van der Waals surface area contributed by atoms with Gasteiger partial charge in [0.2, 0.25) is 0 Å². The summed E-state index contributed by atoms with van der Waals surface area (Å²) in [6.45, 7) is 0.832. The highest BCUT2D eigenvalue weighted by Gasteiger charge is 2.16. The number of pyridine rings is 1. The van der Waals surface area contributed by atoms with Crippen molar-refractivity contribution in [2.24, 2.45) is 0 Å². The maximum Gasteiger partial charge on any atom is 0.387 e. The number of aromatic nitrogens is 1. The Hall–Kier alpha value is -2.94. The van der Waals surface area contributed by atoms with Crippen LogP contribution >= 0.6 is 0 Å². The van der Waals surface area contributed by atoms with Gasteiger partial charge >= 0.3 is 12.6 Å². The predicted molar refractivity (Wildman–Crippen MR) is 104 cm³/mol. The molecule has 9 heteroatoms. The Bertz CT molecular complexity index is 784. The van der Waals surface area contributed by atoms with E-state index in [1.54, 1.807) is 18.3 Å². The number of nitrogens with zero attached hydrogens (tertiary/aromatic N) is 2. The Balaban J connectivity index is 1.42. The fourth-order valence-electron chi connectivity index (χ4n) is 3.02. The summed E-state index contributed by atoms with van der Waals surface area (Å²) in [6, 6.07) is 9.87. The molecule has 0 aliphatic carbocycles. The van der Waals surface area contributed by atoms with Crippen LogP contribution in [0.3, 0.4) is 0 Å². The van der Waals surface area contributed by atoms with E-state index in [-0.39, 0.29) is 11.8 Å². The van der Waals surface area contributed by atoms with Crippen LogP contribution in [0.25, 0.3) is 0 Å². The van der Waals surface area contributed by atoms with Crippen LogP contribution in [0.15, 0.2) is 42.6 Å². The molecule has 1 saturated heterocycles. The van der Waals surface area contributed by atoms with E-state index < -0.39 is 6.61 Å². The van der Waals surface area contributed by atoms with E-state index in [0.717, 1.165) is 30.0 Å². The van der Waals surface area contributed by atoms with E-state index in [2.05, 4.69) is 25.3 Å². The second kappa shape index (κ2) is 10.6. The maximum absolute atomic E-state index is 12.1. The number of anilines is 1. The first-order chi connectivity index (χ1) is 14.1. The lowest BCUT2D eigenvalue weighted by molar-refractivity contribution is -0.0498. The number of morpholine rings is 1. The van der Waals surface area contributed by atoms with Crippen molar-refractivity contribution in [3.8, 4) is 5.75 Å². The number of hydrogen-bond donors (Lipinski definition) is 2. The van der Waals surface area contributed by atoms with Crippen LogP contribution in [-0.4, -0.2) is 50.5 Å². The quantitative estimate of drug-likeness (QED) is 0.705. The standard InChI is InChI=1S/C20H24F2N4O3/c21-19(22)29-17-5-3-15(4-6-17)7-9-24-20(27)25-14-16-2-1-8-23-18(16)26-10-12-28-13-11-26/h1-6,8,19H,7,9-14H2,(H2,24,25,27). The molecule has 0 saturated carbocycles. The van der Waals surface area contributed by atoms with Crippen LogP contribution in [0.4, 0.5) is 19.4 Å². The number of hydrogen-bond acceptors (Lipinski definition) is 5. The Labute approximate surface area is 168 Å². The van der Waals surface area contributed by atoms with E-state index in [4.69, 9.17) is 4.74 Å². The molecule has 7 nitrogen and oxygen atoms in total. The number of benzene rings is 1. The predicted octanol–water partition coefficient (Wildman–Crippen LogP) is 2.56. The van der Waals surface area contributed by atoms with Crippen LogP contribution in [0.1, 0.15) is 11.1 Å². The van der Waals surface area contributed by atoms with E-state index in [1.165, 1.54) is 12.1 Å². The van der Waals surface area contributed by atoms with Crippen molar-refractivity contribution in [2.75, 3.05) is 37.7 Å². The smallest absolute Gasteiger partial charge is 0.387 e. The average molecular weight is 406 g/mol. The number of alkyl halides is 2. The van der Waals surface area contributed by atoms with E-state index in [0.29, 0.717) is 32.7 Å². The number of amides is 2. The van der Waals surface area contributed by atoms with Gasteiger partial charge in [-0.1, -0.05) is 18.2 Å². The summed E-state index contributed by atoms with van der Waals surface area (Å²) in [5, 5.41) is 5.64. The molecule has 2 aromatic rings. The maximum atomic E-state index is 12.1. The summed E-state index contributed by atoms with van der Waals surface area (Å²) in [7, 11) is 0. The van der Waals surface area contributed by atoms with Crippen molar-refractivity contribution in [1.82, 2.24) is 15.6 Å². The van der Waals surface area contributed by atoms with Gasteiger partial charge < -0.3 is 25.0 Å². The molecule has 2 N–H and O–H groups in total. The third kappa shape index (κ3) is 6.56. The lowest BCUT2D eigenvalue weighted by atomic mass is 10.1. The summed E-state index contributed by atoms with van der Waals surface area (Å²) >= 11 is 0. The second-order valence-electron chi connectivity index (χ2n) is 6.47. The molecule has 0 bridgehead atoms. The first-order valence-electron chi connectivity index (χ1n) is 9.44. The molecule has 0 radical (unpaired) electrons. The second-order valence-corrected chi connectivity index (χ2v) is 6.47. The largest absolute Gasteiger partial charge is 0.435 e. The van der Waals surface area contributed by atoms with Crippen LogP contribution < -0.4 is 20.3 Å². The highest BCUT2D eigenvalue weighted by Crippen LogP contribution is 2.18. The summed E-state index contributed by atoms with van der Waals surface area (Å²) in [6.07, 6.45) is 2.32. The number of halogens is 2. The van der Waals surface area contributed by atoms with Crippen molar-refractivity contribution in [2.45, 2.75) is 19.6 Å².